The number of sulfonamides is 1. The molecule has 1 aliphatic rings. The number of nitrogens with zero attached hydrogens (tertiary/aromatic N) is 1. The Morgan fingerprint density at radius 3 is 2.76 bits per heavy atom. The van der Waals surface area contributed by atoms with Gasteiger partial charge in [-0.1, -0.05) is 5.16 Å². The zero-order valence-electron chi connectivity index (χ0n) is 9.99. The monoisotopic (exact) mass is 259 g/mol. The van der Waals surface area contributed by atoms with E-state index in [1.54, 1.807) is 13.8 Å². The average molecular weight is 259 g/mol. The summed E-state index contributed by atoms with van der Waals surface area (Å²) in [6.45, 7) is 4.85. The van der Waals surface area contributed by atoms with Crippen LogP contribution in [-0.2, 0) is 10.0 Å². The highest BCUT2D eigenvalue weighted by atomic mass is 32.2. The van der Waals surface area contributed by atoms with E-state index in [9.17, 15) is 8.42 Å². The van der Waals surface area contributed by atoms with Crippen molar-refractivity contribution < 1.29 is 12.9 Å². The zero-order chi connectivity index (χ0) is 12.5. The molecule has 1 fully saturated rings. The van der Waals surface area contributed by atoms with Crippen LogP contribution in [0, 0.1) is 13.8 Å². The molecule has 0 spiro atoms. The van der Waals surface area contributed by atoms with Crippen LogP contribution in [0.15, 0.2) is 9.42 Å². The molecule has 17 heavy (non-hydrogen) atoms. The lowest BCUT2D eigenvalue weighted by Gasteiger charge is -2.23. The second-order valence-electron chi connectivity index (χ2n) is 4.32. The van der Waals surface area contributed by atoms with Crippen LogP contribution in [0.1, 0.15) is 24.3 Å². The second-order valence-corrected chi connectivity index (χ2v) is 5.97. The predicted molar refractivity (Wildman–Crippen MR) is 62.2 cm³/mol. The number of piperidine rings is 1. The van der Waals surface area contributed by atoms with Gasteiger partial charge in [-0.2, -0.15) is 0 Å². The van der Waals surface area contributed by atoms with Gasteiger partial charge in [0.2, 0.25) is 10.0 Å². The SMILES string of the molecule is Cc1noc(C)c1S(=O)(=O)N[C@@H]1CCCNC1. The number of nitrogens with one attached hydrogen (secondary N) is 2. The molecule has 0 aliphatic carbocycles. The average Bonchev–Trinajstić information content (AvgIpc) is 2.59. The van der Waals surface area contributed by atoms with Crippen LogP contribution in [0.5, 0.6) is 0 Å². The molecule has 0 radical (unpaired) electrons. The molecule has 96 valence electrons. The van der Waals surface area contributed by atoms with Crippen LogP contribution in [-0.4, -0.2) is 32.7 Å². The van der Waals surface area contributed by atoms with Crippen molar-refractivity contribution in [3.05, 3.63) is 11.5 Å². The molecule has 2 N–H and O–H groups in total. The van der Waals surface area contributed by atoms with E-state index < -0.39 is 10.0 Å². The number of aromatic nitrogens is 1. The predicted octanol–water partition coefficient (Wildman–Crippen LogP) is 0.322. The third kappa shape index (κ3) is 2.67. The van der Waals surface area contributed by atoms with E-state index >= 15 is 0 Å². The van der Waals surface area contributed by atoms with E-state index in [1.165, 1.54) is 0 Å². The summed E-state index contributed by atoms with van der Waals surface area (Å²) in [7, 11) is -3.52. The van der Waals surface area contributed by atoms with E-state index in [-0.39, 0.29) is 10.9 Å². The molecule has 0 saturated carbocycles. The Kier molecular flexibility index (Phi) is 3.50. The Balaban J connectivity index is 2.19. The molecule has 1 aromatic rings. The highest BCUT2D eigenvalue weighted by molar-refractivity contribution is 7.89. The minimum absolute atomic E-state index is 0.0533. The first-order chi connectivity index (χ1) is 8.00. The van der Waals surface area contributed by atoms with Crippen LogP contribution in [0.25, 0.3) is 0 Å². The quantitative estimate of drug-likeness (QED) is 0.816. The Bertz CT molecular complexity index is 469. The fourth-order valence-electron chi connectivity index (χ4n) is 2.09. The van der Waals surface area contributed by atoms with Crippen LogP contribution in [0.4, 0.5) is 0 Å². The van der Waals surface area contributed by atoms with E-state index in [4.69, 9.17) is 4.52 Å². The van der Waals surface area contributed by atoms with Gasteiger partial charge in [-0.3, -0.25) is 0 Å². The highest BCUT2D eigenvalue weighted by Gasteiger charge is 2.27. The standard InChI is InChI=1S/C10H17N3O3S/c1-7-10(8(2)16-12-7)17(14,15)13-9-4-3-5-11-6-9/h9,11,13H,3-6H2,1-2H3/t9-/m1/s1. The second kappa shape index (κ2) is 4.75. The lowest BCUT2D eigenvalue weighted by atomic mass is 10.1. The molecular weight excluding hydrogens is 242 g/mol. The summed E-state index contributed by atoms with van der Waals surface area (Å²) >= 11 is 0. The van der Waals surface area contributed by atoms with Crippen molar-refractivity contribution >= 4 is 10.0 Å². The molecule has 1 saturated heterocycles. The first-order valence-electron chi connectivity index (χ1n) is 5.66. The Morgan fingerprint density at radius 1 is 1.47 bits per heavy atom. The van der Waals surface area contributed by atoms with Gasteiger partial charge in [0.25, 0.3) is 0 Å². The maximum absolute atomic E-state index is 12.2. The van der Waals surface area contributed by atoms with E-state index in [1.807, 2.05) is 0 Å². The molecule has 0 unspecified atom stereocenters. The summed E-state index contributed by atoms with van der Waals surface area (Å²) in [6, 6.07) is -0.0533. The minimum Gasteiger partial charge on any atom is -0.360 e. The van der Waals surface area contributed by atoms with Gasteiger partial charge in [0.1, 0.15) is 10.6 Å². The van der Waals surface area contributed by atoms with Gasteiger partial charge in [-0.05, 0) is 33.2 Å². The van der Waals surface area contributed by atoms with Crippen LogP contribution < -0.4 is 10.0 Å². The summed E-state index contributed by atoms with van der Waals surface area (Å²) < 4.78 is 31.9. The molecule has 1 aromatic heterocycles. The molecule has 1 aliphatic heterocycles. The largest absolute Gasteiger partial charge is 0.360 e. The molecule has 7 heteroatoms. The Hall–Kier alpha value is -0.920. The van der Waals surface area contributed by atoms with E-state index in [0.717, 1.165) is 19.4 Å². The third-order valence-corrected chi connectivity index (χ3v) is 4.62. The first-order valence-corrected chi connectivity index (χ1v) is 7.15. The Morgan fingerprint density at radius 2 is 2.24 bits per heavy atom. The van der Waals surface area contributed by atoms with E-state index in [2.05, 4.69) is 15.2 Å². The smallest absolute Gasteiger partial charge is 0.246 e. The lowest BCUT2D eigenvalue weighted by molar-refractivity contribution is 0.390. The summed E-state index contributed by atoms with van der Waals surface area (Å²) in [5.41, 5.74) is 0.402. The zero-order valence-corrected chi connectivity index (χ0v) is 10.8. The molecule has 0 amide bonds. The number of aryl methyl sites for hydroxylation is 2. The van der Waals surface area contributed by atoms with Crippen molar-refractivity contribution in [3.8, 4) is 0 Å². The maximum Gasteiger partial charge on any atom is 0.246 e. The molecule has 0 aromatic carbocycles. The minimum atomic E-state index is -3.52. The van der Waals surface area contributed by atoms with Crippen molar-refractivity contribution in [2.45, 2.75) is 37.6 Å². The van der Waals surface area contributed by atoms with Crippen molar-refractivity contribution in [1.29, 1.82) is 0 Å². The normalized spacial score (nSPS) is 21.6. The van der Waals surface area contributed by atoms with Crippen LogP contribution in [0.3, 0.4) is 0 Å². The number of hydrogen-bond acceptors (Lipinski definition) is 5. The van der Waals surface area contributed by atoms with Gasteiger partial charge >= 0.3 is 0 Å². The summed E-state index contributed by atoms with van der Waals surface area (Å²) in [4.78, 5) is 0.170. The van der Waals surface area contributed by atoms with Gasteiger partial charge in [0, 0.05) is 12.6 Å². The van der Waals surface area contributed by atoms with Crippen LogP contribution >= 0.6 is 0 Å². The number of hydrogen-bond donors (Lipinski definition) is 2. The summed E-state index contributed by atoms with van der Waals surface area (Å²) in [5.74, 6) is 0.332. The van der Waals surface area contributed by atoms with Gasteiger partial charge < -0.3 is 9.84 Å². The maximum atomic E-state index is 12.2. The van der Waals surface area contributed by atoms with Crippen molar-refractivity contribution in [2.24, 2.45) is 0 Å². The summed E-state index contributed by atoms with van der Waals surface area (Å²) in [6.07, 6.45) is 1.84. The molecule has 6 nitrogen and oxygen atoms in total. The van der Waals surface area contributed by atoms with Crippen molar-refractivity contribution in [3.63, 3.8) is 0 Å². The van der Waals surface area contributed by atoms with Crippen molar-refractivity contribution in [2.75, 3.05) is 13.1 Å². The Labute approximate surface area is 101 Å². The molecule has 0 bridgehead atoms. The number of rotatable bonds is 3. The van der Waals surface area contributed by atoms with Crippen molar-refractivity contribution in [1.82, 2.24) is 15.2 Å². The fourth-order valence-corrected chi connectivity index (χ4v) is 3.69. The van der Waals surface area contributed by atoms with Gasteiger partial charge in [0.05, 0.1) is 0 Å². The molecule has 2 heterocycles. The topological polar surface area (TPSA) is 84.2 Å². The lowest BCUT2D eigenvalue weighted by Crippen LogP contribution is -2.45. The summed E-state index contributed by atoms with van der Waals surface area (Å²) in [5, 5.41) is 6.83. The van der Waals surface area contributed by atoms with E-state index in [0.29, 0.717) is 18.0 Å². The third-order valence-electron chi connectivity index (χ3n) is 2.86. The molecule has 2 rings (SSSR count). The van der Waals surface area contributed by atoms with Gasteiger partial charge in [-0.15, -0.1) is 0 Å². The van der Waals surface area contributed by atoms with Gasteiger partial charge in [0.15, 0.2) is 5.76 Å². The first kappa shape index (κ1) is 12.5. The molecule has 1 atom stereocenters. The molecular formula is C10H17N3O3S. The van der Waals surface area contributed by atoms with Crippen LogP contribution in [0.2, 0.25) is 0 Å². The highest BCUT2D eigenvalue weighted by Crippen LogP contribution is 2.19. The fraction of sp³-hybridized carbons (Fsp3) is 0.700. The van der Waals surface area contributed by atoms with Gasteiger partial charge in [-0.25, -0.2) is 13.1 Å².